The van der Waals surface area contributed by atoms with Gasteiger partial charge in [-0.25, -0.2) is 0 Å². The van der Waals surface area contributed by atoms with Gasteiger partial charge in [-0.2, -0.15) is 0 Å². The van der Waals surface area contributed by atoms with Gasteiger partial charge in [0.25, 0.3) is 0 Å². The maximum Gasteiger partial charge on any atom is 0.193 e. The Bertz CT molecular complexity index is 422. The van der Waals surface area contributed by atoms with Gasteiger partial charge in [0.05, 0.1) is 6.10 Å². The fourth-order valence-corrected chi connectivity index (χ4v) is 4.23. The standard InChI is InChI=1S/C21H42N4O2/c1-18(2)17-25-11-6-5-8-19(25)16-23-21(22-3)24-12-9-20(10-13-24)27-15-7-14-26-4/h18-20H,5-17H2,1-4H3,(H,22,23). The van der Waals surface area contributed by atoms with E-state index in [1.807, 2.05) is 7.05 Å². The predicted octanol–water partition coefficient (Wildman–Crippen LogP) is 2.59. The summed E-state index contributed by atoms with van der Waals surface area (Å²) >= 11 is 0. The molecule has 0 aromatic carbocycles. The van der Waals surface area contributed by atoms with E-state index in [0.717, 1.165) is 64.0 Å². The monoisotopic (exact) mass is 382 g/mol. The molecule has 0 aliphatic carbocycles. The fourth-order valence-electron chi connectivity index (χ4n) is 4.23. The van der Waals surface area contributed by atoms with Gasteiger partial charge in [0.2, 0.25) is 0 Å². The number of ether oxygens (including phenoxy) is 2. The van der Waals surface area contributed by atoms with Crippen molar-refractivity contribution in [1.29, 1.82) is 0 Å². The third-order valence-electron chi connectivity index (χ3n) is 5.64. The Balaban J connectivity index is 1.72. The van der Waals surface area contributed by atoms with Crippen molar-refractivity contribution in [3.8, 4) is 0 Å². The summed E-state index contributed by atoms with van der Waals surface area (Å²) in [4.78, 5) is 9.62. The molecule has 1 atom stereocenters. The number of likely N-dealkylation sites (tertiary alicyclic amines) is 2. The fraction of sp³-hybridized carbons (Fsp3) is 0.952. The van der Waals surface area contributed by atoms with Gasteiger partial charge >= 0.3 is 0 Å². The first-order valence-electron chi connectivity index (χ1n) is 10.9. The van der Waals surface area contributed by atoms with Crippen LogP contribution in [0.15, 0.2) is 4.99 Å². The molecule has 2 fully saturated rings. The van der Waals surface area contributed by atoms with Gasteiger partial charge in [0, 0.05) is 59.6 Å². The number of rotatable bonds is 9. The molecule has 2 rings (SSSR count). The molecule has 27 heavy (non-hydrogen) atoms. The summed E-state index contributed by atoms with van der Waals surface area (Å²) in [6, 6.07) is 0.638. The third-order valence-corrected chi connectivity index (χ3v) is 5.64. The number of hydrogen-bond acceptors (Lipinski definition) is 4. The molecule has 0 radical (unpaired) electrons. The third kappa shape index (κ3) is 7.96. The zero-order valence-corrected chi connectivity index (χ0v) is 18.1. The highest BCUT2D eigenvalue weighted by Crippen LogP contribution is 2.18. The number of hydrogen-bond donors (Lipinski definition) is 1. The molecule has 0 amide bonds. The molecule has 0 spiro atoms. The lowest BCUT2D eigenvalue weighted by Gasteiger charge is -2.39. The van der Waals surface area contributed by atoms with Crippen LogP contribution < -0.4 is 5.32 Å². The van der Waals surface area contributed by atoms with Gasteiger partial charge in [-0.1, -0.05) is 20.3 Å². The summed E-state index contributed by atoms with van der Waals surface area (Å²) in [6.45, 7) is 11.7. The highest BCUT2D eigenvalue weighted by molar-refractivity contribution is 5.80. The van der Waals surface area contributed by atoms with E-state index in [1.54, 1.807) is 7.11 Å². The quantitative estimate of drug-likeness (QED) is 0.377. The van der Waals surface area contributed by atoms with Crippen molar-refractivity contribution in [1.82, 2.24) is 15.1 Å². The lowest BCUT2D eigenvalue weighted by molar-refractivity contribution is 0.00982. The van der Waals surface area contributed by atoms with E-state index in [0.29, 0.717) is 12.1 Å². The van der Waals surface area contributed by atoms with Gasteiger partial charge in [-0.05, 0) is 44.6 Å². The van der Waals surface area contributed by atoms with Crippen molar-refractivity contribution in [2.75, 3.05) is 60.1 Å². The van der Waals surface area contributed by atoms with Crippen LogP contribution in [0.25, 0.3) is 0 Å². The Hall–Kier alpha value is -0.850. The van der Waals surface area contributed by atoms with Crippen LogP contribution in [0.1, 0.15) is 52.4 Å². The second kappa shape index (κ2) is 12.6. The summed E-state index contributed by atoms with van der Waals surface area (Å²) < 4.78 is 11.1. The molecule has 0 aromatic rings. The molecule has 2 aliphatic rings. The van der Waals surface area contributed by atoms with Gasteiger partial charge in [0.15, 0.2) is 5.96 Å². The smallest absolute Gasteiger partial charge is 0.193 e. The van der Waals surface area contributed by atoms with Crippen molar-refractivity contribution in [3.05, 3.63) is 0 Å². The zero-order chi connectivity index (χ0) is 19.5. The Labute approximate surface area is 166 Å². The predicted molar refractivity (Wildman–Crippen MR) is 112 cm³/mol. The molecule has 1 N–H and O–H groups in total. The van der Waals surface area contributed by atoms with E-state index >= 15 is 0 Å². The number of methoxy groups -OCH3 is 1. The first kappa shape index (κ1) is 22.4. The van der Waals surface area contributed by atoms with Crippen molar-refractivity contribution in [3.63, 3.8) is 0 Å². The number of aliphatic imine (C=N–C) groups is 1. The first-order valence-corrected chi connectivity index (χ1v) is 10.9. The van der Waals surface area contributed by atoms with Gasteiger partial charge in [-0.3, -0.25) is 9.89 Å². The lowest BCUT2D eigenvalue weighted by atomic mass is 10.0. The molecule has 6 heteroatoms. The lowest BCUT2D eigenvalue weighted by Crippen LogP contribution is -2.52. The van der Waals surface area contributed by atoms with Gasteiger partial charge in [0.1, 0.15) is 0 Å². The minimum absolute atomic E-state index is 0.385. The summed E-state index contributed by atoms with van der Waals surface area (Å²) in [5, 5.41) is 3.66. The molecule has 0 aromatic heterocycles. The van der Waals surface area contributed by atoms with Crippen LogP contribution in [-0.4, -0.2) is 88.0 Å². The summed E-state index contributed by atoms with van der Waals surface area (Å²) in [7, 11) is 3.65. The first-order chi connectivity index (χ1) is 13.1. The number of piperidine rings is 2. The number of nitrogens with one attached hydrogen (secondary N) is 1. The van der Waals surface area contributed by atoms with E-state index in [4.69, 9.17) is 9.47 Å². The van der Waals surface area contributed by atoms with E-state index in [9.17, 15) is 0 Å². The molecule has 0 saturated carbocycles. The maximum atomic E-state index is 5.98. The Morgan fingerprint density at radius 1 is 1.11 bits per heavy atom. The average Bonchev–Trinajstić information content (AvgIpc) is 2.67. The van der Waals surface area contributed by atoms with Gasteiger partial charge in [-0.15, -0.1) is 0 Å². The molecule has 0 bridgehead atoms. The molecular formula is C21H42N4O2. The minimum atomic E-state index is 0.385. The topological polar surface area (TPSA) is 49.3 Å². The highest BCUT2D eigenvalue weighted by Gasteiger charge is 2.25. The van der Waals surface area contributed by atoms with Crippen molar-refractivity contribution in [2.24, 2.45) is 10.9 Å². The molecule has 1 unspecified atom stereocenters. The Morgan fingerprint density at radius 3 is 2.56 bits per heavy atom. The molecule has 6 nitrogen and oxygen atoms in total. The molecule has 158 valence electrons. The van der Waals surface area contributed by atoms with Crippen molar-refractivity contribution < 1.29 is 9.47 Å². The number of nitrogens with zero attached hydrogens (tertiary/aromatic N) is 3. The largest absolute Gasteiger partial charge is 0.385 e. The maximum absolute atomic E-state index is 5.98. The van der Waals surface area contributed by atoms with Crippen LogP contribution in [0.2, 0.25) is 0 Å². The second-order valence-electron chi connectivity index (χ2n) is 8.37. The van der Waals surface area contributed by atoms with Crippen LogP contribution in [0, 0.1) is 5.92 Å². The van der Waals surface area contributed by atoms with Crippen LogP contribution in [0.3, 0.4) is 0 Å². The van der Waals surface area contributed by atoms with Crippen LogP contribution in [0.4, 0.5) is 0 Å². The molecule has 2 saturated heterocycles. The van der Waals surface area contributed by atoms with Crippen molar-refractivity contribution >= 4 is 5.96 Å². The normalized spacial score (nSPS) is 23.2. The van der Waals surface area contributed by atoms with Crippen LogP contribution in [0.5, 0.6) is 0 Å². The highest BCUT2D eigenvalue weighted by atomic mass is 16.5. The van der Waals surface area contributed by atoms with E-state index in [2.05, 4.69) is 34.0 Å². The second-order valence-corrected chi connectivity index (χ2v) is 8.37. The molecule has 2 heterocycles. The Morgan fingerprint density at radius 2 is 1.89 bits per heavy atom. The van der Waals surface area contributed by atoms with Crippen LogP contribution in [-0.2, 0) is 9.47 Å². The molecule has 2 aliphatic heterocycles. The van der Waals surface area contributed by atoms with Crippen molar-refractivity contribution in [2.45, 2.75) is 64.5 Å². The minimum Gasteiger partial charge on any atom is -0.385 e. The average molecular weight is 383 g/mol. The number of guanidine groups is 1. The summed E-state index contributed by atoms with van der Waals surface area (Å²) in [5.74, 6) is 1.79. The SMILES string of the molecule is CN=C(NCC1CCCCN1CC(C)C)N1CCC(OCCCOC)CC1. The summed E-state index contributed by atoms with van der Waals surface area (Å²) in [5.41, 5.74) is 0. The molecular weight excluding hydrogens is 340 g/mol. The zero-order valence-electron chi connectivity index (χ0n) is 18.1. The van der Waals surface area contributed by atoms with E-state index in [1.165, 1.54) is 32.4 Å². The van der Waals surface area contributed by atoms with E-state index in [-0.39, 0.29) is 0 Å². The van der Waals surface area contributed by atoms with Gasteiger partial charge < -0.3 is 19.7 Å². The van der Waals surface area contributed by atoms with Crippen LogP contribution >= 0.6 is 0 Å². The Kier molecular flexibility index (Phi) is 10.5. The van der Waals surface area contributed by atoms with E-state index < -0.39 is 0 Å². The summed E-state index contributed by atoms with van der Waals surface area (Å²) in [6.07, 6.45) is 7.52.